The molecule has 0 unspecified atom stereocenters. The number of nitrogens with one attached hydrogen (secondary N) is 1. The minimum atomic E-state index is -0.322. The first-order chi connectivity index (χ1) is 5.11. The lowest BCUT2D eigenvalue weighted by Gasteiger charge is -2.16. The highest BCUT2D eigenvalue weighted by molar-refractivity contribution is 5.77. The standard InChI is InChI=1S/C8H15NO2/c1-4-6(2)8(5-10)9-7(3)11/h5-6,8H,4H2,1-3H3,(H,9,11)/t6-,8-/m0/s1. The van der Waals surface area contributed by atoms with Gasteiger partial charge in [0, 0.05) is 6.92 Å². The van der Waals surface area contributed by atoms with Crippen LogP contribution >= 0.6 is 0 Å². The highest BCUT2D eigenvalue weighted by Gasteiger charge is 2.14. The maximum atomic E-state index is 10.6. The Morgan fingerprint density at radius 2 is 2.18 bits per heavy atom. The Labute approximate surface area is 67.2 Å². The molecule has 0 aliphatic heterocycles. The summed E-state index contributed by atoms with van der Waals surface area (Å²) in [5.41, 5.74) is 0. The Morgan fingerprint density at radius 1 is 1.64 bits per heavy atom. The van der Waals surface area contributed by atoms with E-state index in [2.05, 4.69) is 5.32 Å². The molecule has 0 aromatic rings. The number of rotatable bonds is 4. The second-order valence-corrected chi connectivity index (χ2v) is 2.75. The second-order valence-electron chi connectivity index (χ2n) is 2.75. The van der Waals surface area contributed by atoms with Gasteiger partial charge in [-0.2, -0.15) is 0 Å². The van der Waals surface area contributed by atoms with Crippen LogP contribution in [0.5, 0.6) is 0 Å². The molecule has 0 bridgehead atoms. The van der Waals surface area contributed by atoms with Gasteiger partial charge < -0.3 is 10.1 Å². The van der Waals surface area contributed by atoms with E-state index >= 15 is 0 Å². The monoisotopic (exact) mass is 157 g/mol. The predicted molar refractivity (Wildman–Crippen MR) is 43.1 cm³/mol. The van der Waals surface area contributed by atoms with E-state index in [1.165, 1.54) is 6.92 Å². The van der Waals surface area contributed by atoms with Gasteiger partial charge in [-0.3, -0.25) is 4.79 Å². The van der Waals surface area contributed by atoms with Crippen molar-refractivity contribution in [1.82, 2.24) is 5.32 Å². The van der Waals surface area contributed by atoms with Crippen molar-refractivity contribution in [2.75, 3.05) is 0 Å². The molecule has 0 heterocycles. The summed E-state index contributed by atoms with van der Waals surface area (Å²) in [6.07, 6.45) is 1.68. The fourth-order valence-electron chi connectivity index (χ4n) is 0.799. The maximum Gasteiger partial charge on any atom is 0.217 e. The third-order valence-electron chi connectivity index (χ3n) is 1.77. The molecule has 0 aromatic carbocycles. The predicted octanol–water partition coefficient (Wildman–Crippen LogP) is 0.736. The van der Waals surface area contributed by atoms with Crippen LogP contribution in [0.25, 0.3) is 0 Å². The normalized spacial score (nSPS) is 15.2. The Balaban J connectivity index is 3.94. The van der Waals surface area contributed by atoms with Crippen molar-refractivity contribution in [2.45, 2.75) is 33.2 Å². The minimum absolute atomic E-state index is 0.151. The summed E-state index contributed by atoms with van der Waals surface area (Å²) in [5.74, 6) is 0.0683. The summed E-state index contributed by atoms with van der Waals surface area (Å²) < 4.78 is 0. The van der Waals surface area contributed by atoms with Crippen LogP contribution in [0.4, 0.5) is 0 Å². The van der Waals surface area contributed by atoms with Crippen molar-refractivity contribution in [3.8, 4) is 0 Å². The highest BCUT2D eigenvalue weighted by Crippen LogP contribution is 2.04. The number of aldehydes is 1. The molecule has 3 heteroatoms. The van der Waals surface area contributed by atoms with E-state index in [0.717, 1.165) is 12.7 Å². The lowest BCUT2D eigenvalue weighted by molar-refractivity contribution is -0.122. The van der Waals surface area contributed by atoms with Gasteiger partial charge in [-0.15, -0.1) is 0 Å². The minimum Gasteiger partial charge on any atom is -0.347 e. The Bertz CT molecular complexity index is 145. The topological polar surface area (TPSA) is 46.2 Å². The van der Waals surface area contributed by atoms with Crippen molar-refractivity contribution in [3.05, 3.63) is 0 Å². The zero-order valence-electron chi connectivity index (χ0n) is 7.26. The van der Waals surface area contributed by atoms with Crippen LogP contribution in [-0.4, -0.2) is 18.2 Å². The Kier molecular flexibility index (Phi) is 4.50. The quantitative estimate of drug-likeness (QED) is 0.612. The number of carbonyl (C=O) groups excluding carboxylic acids is 2. The van der Waals surface area contributed by atoms with Gasteiger partial charge in [-0.05, 0) is 5.92 Å². The molecule has 2 atom stereocenters. The van der Waals surface area contributed by atoms with Crippen molar-refractivity contribution < 1.29 is 9.59 Å². The van der Waals surface area contributed by atoms with Gasteiger partial charge in [0.1, 0.15) is 6.29 Å². The van der Waals surface area contributed by atoms with Gasteiger partial charge in [-0.1, -0.05) is 20.3 Å². The first-order valence-corrected chi connectivity index (χ1v) is 3.84. The molecule has 11 heavy (non-hydrogen) atoms. The molecule has 0 rings (SSSR count). The maximum absolute atomic E-state index is 10.6. The third-order valence-corrected chi connectivity index (χ3v) is 1.77. The van der Waals surface area contributed by atoms with E-state index in [1.807, 2.05) is 13.8 Å². The van der Waals surface area contributed by atoms with Crippen LogP contribution in [-0.2, 0) is 9.59 Å². The number of amides is 1. The van der Waals surface area contributed by atoms with Crippen LogP contribution in [0.1, 0.15) is 27.2 Å². The molecule has 1 N–H and O–H groups in total. The van der Waals surface area contributed by atoms with E-state index < -0.39 is 0 Å². The summed E-state index contributed by atoms with van der Waals surface area (Å²) in [5, 5.41) is 2.57. The van der Waals surface area contributed by atoms with Crippen molar-refractivity contribution in [3.63, 3.8) is 0 Å². The summed E-state index contributed by atoms with van der Waals surface area (Å²) in [7, 11) is 0. The highest BCUT2D eigenvalue weighted by atomic mass is 16.2. The molecule has 0 spiro atoms. The molecular formula is C8H15NO2. The zero-order valence-corrected chi connectivity index (χ0v) is 7.26. The van der Waals surface area contributed by atoms with Crippen molar-refractivity contribution in [2.24, 2.45) is 5.92 Å². The summed E-state index contributed by atoms with van der Waals surface area (Å²) in [6, 6.07) is -0.322. The number of hydrogen-bond acceptors (Lipinski definition) is 2. The van der Waals surface area contributed by atoms with Crippen LogP contribution < -0.4 is 5.32 Å². The van der Waals surface area contributed by atoms with Gasteiger partial charge >= 0.3 is 0 Å². The Morgan fingerprint density at radius 3 is 2.45 bits per heavy atom. The lowest BCUT2D eigenvalue weighted by atomic mass is 10.0. The van der Waals surface area contributed by atoms with Crippen molar-refractivity contribution >= 4 is 12.2 Å². The van der Waals surface area contributed by atoms with Gasteiger partial charge in [0.2, 0.25) is 5.91 Å². The molecule has 0 fully saturated rings. The molecule has 0 aliphatic rings. The molecule has 0 aromatic heterocycles. The first-order valence-electron chi connectivity index (χ1n) is 3.84. The SMILES string of the molecule is CC[C@H](C)[C@H](C=O)NC(C)=O. The molecule has 0 saturated heterocycles. The van der Waals surface area contributed by atoms with Crippen LogP contribution in [0, 0.1) is 5.92 Å². The summed E-state index contributed by atoms with van der Waals surface area (Å²) in [6.45, 7) is 5.34. The zero-order chi connectivity index (χ0) is 8.85. The van der Waals surface area contributed by atoms with Gasteiger partial charge in [0.05, 0.1) is 6.04 Å². The molecule has 64 valence electrons. The molecule has 1 amide bonds. The molecule has 0 aliphatic carbocycles. The van der Waals surface area contributed by atoms with Crippen LogP contribution in [0.2, 0.25) is 0 Å². The molecule has 0 radical (unpaired) electrons. The molecule has 3 nitrogen and oxygen atoms in total. The molecule has 0 saturated carbocycles. The lowest BCUT2D eigenvalue weighted by Crippen LogP contribution is -2.39. The van der Waals surface area contributed by atoms with Crippen LogP contribution in [0.15, 0.2) is 0 Å². The summed E-state index contributed by atoms with van der Waals surface area (Å²) in [4.78, 5) is 21.0. The summed E-state index contributed by atoms with van der Waals surface area (Å²) >= 11 is 0. The molecular weight excluding hydrogens is 142 g/mol. The largest absolute Gasteiger partial charge is 0.347 e. The van der Waals surface area contributed by atoms with Gasteiger partial charge in [0.15, 0.2) is 0 Å². The number of hydrogen-bond donors (Lipinski definition) is 1. The van der Waals surface area contributed by atoms with Gasteiger partial charge in [0.25, 0.3) is 0 Å². The van der Waals surface area contributed by atoms with E-state index in [1.54, 1.807) is 0 Å². The number of carbonyl (C=O) groups is 2. The van der Waals surface area contributed by atoms with Crippen LogP contribution in [0.3, 0.4) is 0 Å². The van der Waals surface area contributed by atoms with Gasteiger partial charge in [-0.25, -0.2) is 0 Å². The van der Waals surface area contributed by atoms with E-state index in [9.17, 15) is 9.59 Å². The first kappa shape index (κ1) is 10.1. The third kappa shape index (κ3) is 3.75. The Hall–Kier alpha value is -0.860. The second kappa shape index (κ2) is 4.88. The van der Waals surface area contributed by atoms with Crippen molar-refractivity contribution in [1.29, 1.82) is 0 Å². The average Bonchev–Trinajstić information content (AvgIpc) is 1.98. The smallest absolute Gasteiger partial charge is 0.217 e. The fourth-order valence-corrected chi connectivity index (χ4v) is 0.799. The van der Waals surface area contributed by atoms with E-state index in [0.29, 0.717) is 0 Å². The average molecular weight is 157 g/mol. The van der Waals surface area contributed by atoms with E-state index in [-0.39, 0.29) is 17.9 Å². The fraction of sp³-hybridized carbons (Fsp3) is 0.750. The van der Waals surface area contributed by atoms with E-state index in [4.69, 9.17) is 0 Å².